The van der Waals surface area contributed by atoms with Gasteiger partial charge in [-0.1, -0.05) is 12.1 Å². The van der Waals surface area contributed by atoms with Crippen molar-refractivity contribution in [3.63, 3.8) is 0 Å². The summed E-state index contributed by atoms with van der Waals surface area (Å²) in [5.41, 5.74) is 0.668. The average Bonchev–Trinajstić information content (AvgIpc) is 3.11. The van der Waals surface area contributed by atoms with Crippen molar-refractivity contribution in [2.45, 2.75) is 18.6 Å². The Hall–Kier alpha value is -1.22. The maximum atomic E-state index is 11.0. The van der Waals surface area contributed by atoms with Gasteiger partial charge in [-0.05, 0) is 24.1 Å². The Bertz CT molecular complexity index is 617. The summed E-state index contributed by atoms with van der Waals surface area (Å²) in [6.07, 6.45) is 0.840. The molecular weight excluding hydrogens is 370 g/mol. The third-order valence-corrected chi connectivity index (χ3v) is 6.14. The molecule has 0 spiro atoms. The molecular formula is C22H35N3O4. The topological polar surface area (TPSA) is 57.6 Å². The van der Waals surface area contributed by atoms with Crippen molar-refractivity contribution in [3.8, 4) is 5.75 Å². The highest BCUT2D eigenvalue weighted by molar-refractivity contribution is 5.27. The third kappa shape index (κ3) is 6.38. The summed E-state index contributed by atoms with van der Waals surface area (Å²) in [6, 6.07) is 8.40. The predicted molar refractivity (Wildman–Crippen MR) is 111 cm³/mol. The smallest absolute Gasteiger partial charge is 0.119 e. The zero-order valence-electron chi connectivity index (χ0n) is 17.4. The van der Waals surface area contributed by atoms with Crippen molar-refractivity contribution >= 4 is 0 Å². The first kappa shape index (κ1) is 21.0. The van der Waals surface area contributed by atoms with Gasteiger partial charge in [0, 0.05) is 58.9 Å². The lowest BCUT2D eigenvalue weighted by Gasteiger charge is -2.33. The van der Waals surface area contributed by atoms with Crippen LogP contribution in [0.15, 0.2) is 24.3 Å². The fourth-order valence-corrected chi connectivity index (χ4v) is 4.45. The van der Waals surface area contributed by atoms with Crippen LogP contribution < -0.4 is 4.74 Å². The largest absolute Gasteiger partial charge is 0.492 e. The van der Waals surface area contributed by atoms with Gasteiger partial charge in [-0.25, -0.2) is 0 Å². The van der Waals surface area contributed by atoms with E-state index in [0.717, 1.165) is 97.5 Å². The zero-order valence-corrected chi connectivity index (χ0v) is 17.4. The van der Waals surface area contributed by atoms with Gasteiger partial charge in [0.15, 0.2) is 0 Å². The van der Waals surface area contributed by atoms with Gasteiger partial charge in [0.25, 0.3) is 0 Å². The number of morpholine rings is 2. The lowest BCUT2D eigenvalue weighted by Crippen LogP contribution is -2.48. The normalized spacial score (nSPS) is 27.3. The number of hydrogen-bond acceptors (Lipinski definition) is 7. The van der Waals surface area contributed by atoms with Crippen molar-refractivity contribution in [1.29, 1.82) is 0 Å². The maximum absolute atomic E-state index is 11.0. The number of ether oxygens (including phenoxy) is 3. The molecule has 7 heteroatoms. The molecule has 1 aromatic rings. The van der Waals surface area contributed by atoms with E-state index in [0.29, 0.717) is 6.61 Å². The molecule has 0 aliphatic carbocycles. The van der Waals surface area contributed by atoms with Crippen molar-refractivity contribution in [2.24, 2.45) is 0 Å². The number of hydrogen-bond donors (Lipinski definition) is 1. The van der Waals surface area contributed by atoms with Crippen LogP contribution in [0.5, 0.6) is 5.75 Å². The van der Waals surface area contributed by atoms with Gasteiger partial charge in [-0.3, -0.25) is 14.7 Å². The van der Waals surface area contributed by atoms with E-state index in [1.165, 1.54) is 5.56 Å². The van der Waals surface area contributed by atoms with Gasteiger partial charge < -0.3 is 19.3 Å². The Morgan fingerprint density at radius 3 is 2.21 bits per heavy atom. The molecule has 0 unspecified atom stereocenters. The highest BCUT2D eigenvalue weighted by atomic mass is 16.5. The van der Waals surface area contributed by atoms with Crippen molar-refractivity contribution < 1.29 is 19.3 Å². The Kier molecular flexibility index (Phi) is 7.39. The molecule has 0 amide bonds. The Labute approximate surface area is 174 Å². The second-order valence-corrected chi connectivity index (χ2v) is 8.52. The molecule has 1 atom stereocenters. The summed E-state index contributed by atoms with van der Waals surface area (Å²) in [5.74, 6) is 0.923. The molecule has 29 heavy (non-hydrogen) atoms. The number of β-amino-alcohol motifs (C(OH)–C–C–N with tert-alkyl or cyclic N) is 1. The van der Waals surface area contributed by atoms with E-state index in [-0.39, 0.29) is 0 Å². The van der Waals surface area contributed by atoms with Gasteiger partial charge in [-0.15, -0.1) is 0 Å². The number of rotatable bonds is 8. The van der Waals surface area contributed by atoms with Crippen molar-refractivity contribution in [1.82, 2.24) is 14.7 Å². The molecule has 0 bridgehead atoms. The highest BCUT2D eigenvalue weighted by Crippen LogP contribution is 2.25. The van der Waals surface area contributed by atoms with Crippen LogP contribution in [0.1, 0.15) is 12.0 Å². The van der Waals surface area contributed by atoms with E-state index in [2.05, 4.69) is 39.0 Å². The minimum Gasteiger partial charge on any atom is -0.492 e. The Morgan fingerprint density at radius 1 is 0.862 bits per heavy atom. The molecule has 3 aliphatic rings. The Morgan fingerprint density at radius 2 is 1.52 bits per heavy atom. The zero-order chi connectivity index (χ0) is 19.9. The molecule has 1 N–H and O–H groups in total. The van der Waals surface area contributed by atoms with Crippen molar-refractivity contribution in [3.05, 3.63) is 29.8 Å². The first-order valence-electron chi connectivity index (χ1n) is 11.0. The van der Waals surface area contributed by atoms with Crippen molar-refractivity contribution in [2.75, 3.05) is 85.4 Å². The monoisotopic (exact) mass is 405 g/mol. The quantitative estimate of drug-likeness (QED) is 0.682. The fourth-order valence-electron chi connectivity index (χ4n) is 4.45. The van der Waals surface area contributed by atoms with Gasteiger partial charge >= 0.3 is 0 Å². The summed E-state index contributed by atoms with van der Waals surface area (Å²) in [5, 5.41) is 11.0. The molecule has 0 saturated carbocycles. The minimum absolute atomic E-state index is 0.597. The van der Waals surface area contributed by atoms with E-state index in [1.54, 1.807) is 0 Å². The summed E-state index contributed by atoms with van der Waals surface area (Å²) in [6.45, 7) is 12.0. The number of benzene rings is 1. The predicted octanol–water partition coefficient (Wildman–Crippen LogP) is 0.667. The van der Waals surface area contributed by atoms with E-state index < -0.39 is 5.60 Å². The molecule has 3 fully saturated rings. The minimum atomic E-state index is -0.597. The van der Waals surface area contributed by atoms with E-state index in [9.17, 15) is 5.11 Å². The molecule has 162 valence electrons. The van der Waals surface area contributed by atoms with Crippen LogP contribution in [-0.2, 0) is 16.0 Å². The summed E-state index contributed by atoms with van der Waals surface area (Å²) in [7, 11) is 0. The fraction of sp³-hybridized carbons (Fsp3) is 0.727. The van der Waals surface area contributed by atoms with Crippen LogP contribution in [0.4, 0.5) is 0 Å². The first-order valence-corrected chi connectivity index (χ1v) is 11.0. The molecule has 0 radical (unpaired) electrons. The second kappa shape index (κ2) is 10.2. The third-order valence-electron chi connectivity index (χ3n) is 6.14. The van der Waals surface area contributed by atoms with Crippen LogP contribution in [0, 0.1) is 0 Å². The summed E-state index contributed by atoms with van der Waals surface area (Å²) in [4.78, 5) is 7.06. The van der Waals surface area contributed by atoms with Crippen LogP contribution in [-0.4, -0.2) is 111 Å². The number of nitrogens with zero attached hydrogens (tertiary/aromatic N) is 3. The molecule has 0 aromatic heterocycles. The molecule has 7 nitrogen and oxygen atoms in total. The lowest BCUT2D eigenvalue weighted by atomic mass is 10.0. The van der Waals surface area contributed by atoms with Crippen LogP contribution >= 0.6 is 0 Å². The molecule has 3 saturated heterocycles. The van der Waals surface area contributed by atoms with Gasteiger partial charge in [0.2, 0.25) is 0 Å². The highest BCUT2D eigenvalue weighted by Gasteiger charge is 2.37. The molecule has 3 heterocycles. The Balaban J connectivity index is 1.18. The standard InChI is InChI=1S/C22H35N3O4/c26-22(18-24-9-14-28-15-10-24)5-6-25(19-22)17-20-1-3-21(4-2-20)29-16-11-23-7-12-27-13-8-23/h1-4,26H,5-19H2/t22-/m0/s1. The van der Waals surface area contributed by atoms with E-state index in [4.69, 9.17) is 14.2 Å². The van der Waals surface area contributed by atoms with E-state index >= 15 is 0 Å². The van der Waals surface area contributed by atoms with Gasteiger partial charge in [0.1, 0.15) is 12.4 Å². The molecule has 3 aliphatic heterocycles. The van der Waals surface area contributed by atoms with Gasteiger partial charge in [-0.2, -0.15) is 0 Å². The number of likely N-dealkylation sites (tertiary alicyclic amines) is 1. The van der Waals surface area contributed by atoms with Crippen LogP contribution in [0.25, 0.3) is 0 Å². The average molecular weight is 406 g/mol. The second-order valence-electron chi connectivity index (χ2n) is 8.52. The maximum Gasteiger partial charge on any atom is 0.119 e. The lowest BCUT2D eigenvalue weighted by molar-refractivity contribution is -0.0266. The SMILES string of the molecule is O[C@]1(CN2CCOCC2)CCN(Cc2ccc(OCCN3CCOCC3)cc2)C1. The van der Waals surface area contributed by atoms with Crippen LogP contribution in [0.2, 0.25) is 0 Å². The number of aliphatic hydroxyl groups is 1. The molecule has 4 rings (SSSR count). The summed E-state index contributed by atoms with van der Waals surface area (Å²) >= 11 is 0. The molecule has 1 aromatic carbocycles. The van der Waals surface area contributed by atoms with Crippen LogP contribution in [0.3, 0.4) is 0 Å². The summed E-state index contributed by atoms with van der Waals surface area (Å²) < 4.78 is 16.7. The van der Waals surface area contributed by atoms with E-state index in [1.807, 2.05) is 0 Å². The first-order chi connectivity index (χ1) is 14.2. The van der Waals surface area contributed by atoms with Gasteiger partial charge in [0.05, 0.1) is 32.0 Å².